The highest BCUT2D eigenvalue weighted by atomic mass is 19.4. The number of hydrogen-bond acceptors (Lipinski definition) is 4. The lowest BCUT2D eigenvalue weighted by Gasteiger charge is -2.39. The van der Waals surface area contributed by atoms with Crippen LogP contribution in [0.4, 0.5) is 19.0 Å². The minimum atomic E-state index is -4.42. The normalized spacial score (nSPS) is 20.6. The quantitative estimate of drug-likeness (QED) is 0.717. The lowest BCUT2D eigenvalue weighted by molar-refractivity contribution is -0.141. The number of benzene rings is 1. The van der Waals surface area contributed by atoms with Crippen LogP contribution in [-0.2, 0) is 35.2 Å². The Morgan fingerprint density at radius 1 is 1.25 bits per heavy atom. The van der Waals surface area contributed by atoms with Gasteiger partial charge >= 0.3 is 12.1 Å². The summed E-state index contributed by atoms with van der Waals surface area (Å²) < 4.78 is 46.2. The van der Waals surface area contributed by atoms with Gasteiger partial charge in [-0.25, -0.2) is 4.98 Å². The second-order valence-corrected chi connectivity index (χ2v) is 8.80. The molecule has 0 spiro atoms. The van der Waals surface area contributed by atoms with Crippen LogP contribution in [0.2, 0.25) is 0 Å². The summed E-state index contributed by atoms with van der Waals surface area (Å²) >= 11 is 0. The van der Waals surface area contributed by atoms with Gasteiger partial charge in [0, 0.05) is 19.3 Å². The van der Waals surface area contributed by atoms with Crippen LogP contribution >= 0.6 is 0 Å². The Morgan fingerprint density at radius 2 is 2.00 bits per heavy atom. The van der Waals surface area contributed by atoms with Crippen molar-refractivity contribution in [1.29, 1.82) is 0 Å². The molecule has 1 fully saturated rings. The van der Waals surface area contributed by atoms with Gasteiger partial charge in [0.05, 0.1) is 24.2 Å². The summed E-state index contributed by atoms with van der Waals surface area (Å²) in [5, 5.41) is 9.17. The molecule has 0 aliphatic carbocycles. The molecule has 3 heterocycles. The van der Waals surface area contributed by atoms with E-state index in [0.29, 0.717) is 26.1 Å². The molecule has 2 aliphatic rings. The van der Waals surface area contributed by atoms with Gasteiger partial charge in [-0.3, -0.25) is 4.79 Å². The molecule has 0 bridgehead atoms. The number of ether oxygens (including phenoxy) is 1. The minimum absolute atomic E-state index is 0.00514. The number of rotatable bonds is 5. The largest absolute Gasteiger partial charge is 0.481 e. The fraction of sp³-hybridized carbons (Fsp3) is 0.500. The molecule has 2 aliphatic heterocycles. The van der Waals surface area contributed by atoms with Crippen LogP contribution in [0.5, 0.6) is 0 Å². The summed E-state index contributed by atoms with van der Waals surface area (Å²) in [6.07, 6.45) is -0.298. The third-order valence-corrected chi connectivity index (χ3v) is 6.57. The van der Waals surface area contributed by atoms with Crippen molar-refractivity contribution in [2.75, 3.05) is 18.0 Å². The summed E-state index contributed by atoms with van der Waals surface area (Å²) in [6.45, 7) is 3.22. The van der Waals surface area contributed by atoms with Crippen LogP contribution in [0.25, 0.3) is 0 Å². The molecule has 4 rings (SSSR count). The van der Waals surface area contributed by atoms with Crippen molar-refractivity contribution in [3.8, 4) is 0 Å². The fourth-order valence-electron chi connectivity index (χ4n) is 4.71. The molecule has 0 amide bonds. The third kappa shape index (κ3) is 4.90. The van der Waals surface area contributed by atoms with E-state index >= 15 is 0 Å². The number of carboxylic acids is 1. The number of carboxylic acid groups (broad SMARTS) is 1. The van der Waals surface area contributed by atoms with Crippen LogP contribution in [0.3, 0.4) is 0 Å². The van der Waals surface area contributed by atoms with Crippen LogP contribution in [0, 0.1) is 11.8 Å². The van der Waals surface area contributed by atoms with E-state index in [4.69, 9.17) is 9.84 Å². The highest BCUT2D eigenvalue weighted by molar-refractivity contribution is 5.69. The van der Waals surface area contributed by atoms with Crippen molar-refractivity contribution in [2.45, 2.75) is 51.5 Å². The topological polar surface area (TPSA) is 62.7 Å². The van der Waals surface area contributed by atoms with Gasteiger partial charge in [0.2, 0.25) is 0 Å². The summed E-state index contributed by atoms with van der Waals surface area (Å²) in [5.74, 6) is -0.983. The molecule has 0 radical (unpaired) electrons. The first kappa shape index (κ1) is 22.6. The number of pyridine rings is 1. The van der Waals surface area contributed by atoms with Gasteiger partial charge in [0.25, 0.3) is 0 Å². The smallest absolute Gasteiger partial charge is 0.419 e. The predicted octanol–water partition coefficient (Wildman–Crippen LogP) is 4.72. The zero-order chi connectivity index (χ0) is 22.9. The van der Waals surface area contributed by atoms with Gasteiger partial charge in [0.15, 0.2) is 0 Å². The van der Waals surface area contributed by atoms with E-state index < -0.39 is 23.6 Å². The van der Waals surface area contributed by atoms with Gasteiger partial charge in [-0.1, -0.05) is 25.1 Å². The molecular weight excluding hydrogens is 421 g/mol. The maximum Gasteiger partial charge on any atom is 0.419 e. The highest BCUT2D eigenvalue weighted by Gasteiger charge is 2.37. The molecule has 1 saturated heterocycles. The average Bonchev–Trinajstić information content (AvgIpc) is 2.78. The van der Waals surface area contributed by atoms with Gasteiger partial charge in [-0.2, -0.15) is 13.2 Å². The summed E-state index contributed by atoms with van der Waals surface area (Å²) in [4.78, 5) is 16.9. The number of aromatic nitrogens is 1. The third-order valence-electron chi connectivity index (χ3n) is 6.57. The summed E-state index contributed by atoms with van der Waals surface area (Å²) in [6, 6.07) is 8.46. The lowest BCUT2D eigenvalue weighted by Crippen LogP contribution is -2.41. The molecule has 0 saturated carbocycles. The molecule has 8 heteroatoms. The fourth-order valence-corrected chi connectivity index (χ4v) is 4.71. The molecular formula is C24H27F3N2O3. The number of hydrogen-bond donors (Lipinski definition) is 1. The van der Waals surface area contributed by atoms with Crippen molar-refractivity contribution in [2.24, 2.45) is 11.8 Å². The highest BCUT2D eigenvalue weighted by Crippen LogP contribution is 2.37. The number of aliphatic carboxylic acids is 1. The summed E-state index contributed by atoms with van der Waals surface area (Å²) in [7, 11) is 0. The van der Waals surface area contributed by atoms with E-state index in [2.05, 4.69) is 11.1 Å². The predicted molar refractivity (Wildman–Crippen MR) is 113 cm³/mol. The van der Waals surface area contributed by atoms with E-state index in [1.165, 1.54) is 17.8 Å². The van der Waals surface area contributed by atoms with Crippen molar-refractivity contribution in [3.05, 3.63) is 58.8 Å². The van der Waals surface area contributed by atoms with E-state index in [-0.39, 0.29) is 17.8 Å². The number of carbonyl (C=O) groups is 1. The molecule has 2 unspecified atom stereocenters. The summed E-state index contributed by atoms with van der Waals surface area (Å²) in [5.41, 5.74) is 2.62. The Balaban J connectivity index is 1.40. The van der Waals surface area contributed by atoms with Crippen LogP contribution < -0.4 is 4.90 Å². The maximum atomic E-state index is 13.3. The molecule has 2 atom stereocenters. The molecule has 1 N–H and O–H groups in total. The Morgan fingerprint density at radius 3 is 2.69 bits per heavy atom. The van der Waals surface area contributed by atoms with Crippen molar-refractivity contribution in [3.63, 3.8) is 0 Å². The van der Waals surface area contributed by atoms with E-state index in [0.717, 1.165) is 36.5 Å². The van der Waals surface area contributed by atoms with Gasteiger partial charge in [-0.15, -0.1) is 0 Å². The van der Waals surface area contributed by atoms with Crippen LogP contribution in [-0.4, -0.2) is 35.3 Å². The van der Waals surface area contributed by atoms with E-state index in [1.807, 2.05) is 12.1 Å². The lowest BCUT2D eigenvalue weighted by atomic mass is 9.84. The molecule has 32 heavy (non-hydrogen) atoms. The van der Waals surface area contributed by atoms with Crippen molar-refractivity contribution >= 4 is 11.8 Å². The number of halogens is 3. The van der Waals surface area contributed by atoms with E-state index in [9.17, 15) is 18.0 Å². The first-order valence-corrected chi connectivity index (χ1v) is 10.9. The average molecular weight is 448 g/mol. The Kier molecular flexibility index (Phi) is 6.42. The number of nitrogens with zero attached hydrogens (tertiary/aromatic N) is 2. The van der Waals surface area contributed by atoms with Crippen molar-refractivity contribution < 1.29 is 27.8 Å². The minimum Gasteiger partial charge on any atom is -0.481 e. The Bertz CT molecular complexity index is 971. The zero-order valence-electron chi connectivity index (χ0n) is 17.9. The first-order chi connectivity index (χ1) is 15.2. The molecule has 2 aromatic rings. The standard InChI is InChI=1S/C24H27F3N2O3/c1-15(23(30)31)11-16-4-5-18-14-32-21(13-19(18)12-16)17-6-9-29(10-7-17)22-20(24(25,26)27)3-2-8-28-22/h2-5,8,12,15,17,21H,6-7,9-11,13-14H2,1H3,(H,30,31). The van der Waals surface area contributed by atoms with Gasteiger partial charge < -0.3 is 14.7 Å². The molecule has 1 aromatic carbocycles. The number of piperidine rings is 1. The first-order valence-electron chi connectivity index (χ1n) is 10.9. The van der Waals surface area contributed by atoms with Crippen molar-refractivity contribution in [1.82, 2.24) is 4.98 Å². The number of fused-ring (bicyclic) bond motifs is 1. The Labute approximate surface area is 185 Å². The van der Waals surface area contributed by atoms with Crippen LogP contribution in [0.1, 0.15) is 42.0 Å². The zero-order valence-corrected chi connectivity index (χ0v) is 17.9. The van der Waals surface area contributed by atoms with E-state index in [1.54, 1.807) is 11.8 Å². The second-order valence-electron chi connectivity index (χ2n) is 8.80. The van der Waals surface area contributed by atoms with Crippen LogP contribution in [0.15, 0.2) is 36.5 Å². The number of anilines is 1. The maximum absolute atomic E-state index is 13.3. The number of alkyl halides is 3. The molecule has 1 aromatic heterocycles. The Hall–Kier alpha value is -2.61. The molecule has 5 nitrogen and oxygen atoms in total. The monoisotopic (exact) mass is 448 g/mol. The SMILES string of the molecule is CC(Cc1ccc2c(c1)CC(C1CCN(c3ncccc3C(F)(F)F)CC1)OC2)C(=O)O. The molecule has 172 valence electrons. The second kappa shape index (κ2) is 9.10. The van der Waals surface area contributed by atoms with Gasteiger partial charge in [-0.05, 0) is 60.4 Å². The van der Waals surface area contributed by atoms with Gasteiger partial charge in [0.1, 0.15) is 5.82 Å².